The van der Waals surface area contributed by atoms with Crippen molar-refractivity contribution >= 4 is 40.7 Å². The lowest BCUT2D eigenvalue weighted by molar-refractivity contribution is 0.0730. The molecule has 0 spiro atoms. The van der Waals surface area contributed by atoms with E-state index in [1.54, 1.807) is 21.9 Å². The SMILES string of the molecule is COc1cc(C(=O)N(CCN2CCNC2=O)Cc2ccccc2)cc2nc(NCc3cccc(Cl)c3)oc12. The molecule has 1 aliphatic heterocycles. The Morgan fingerprint density at radius 1 is 1.16 bits per heavy atom. The van der Waals surface area contributed by atoms with Crippen LogP contribution in [0.3, 0.4) is 0 Å². The first kappa shape index (κ1) is 25.4. The Kier molecular flexibility index (Phi) is 7.65. The second-order valence-corrected chi connectivity index (χ2v) is 9.40. The molecule has 9 nitrogen and oxygen atoms in total. The number of oxazole rings is 1. The average Bonchev–Trinajstić information content (AvgIpc) is 3.54. The topological polar surface area (TPSA) is 99.9 Å². The van der Waals surface area contributed by atoms with Crippen molar-refractivity contribution < 1.29 is 18.7 Å². The zero-order valence-corrected chi connectivity index (χ0v) is 21.7. The van der Waals surface area contributed by atoms with E-state index in [0.29, 0.717) is 72.7 Å². The molecule has 0 atom stereocenters. The highest BCUT2D eigenvalue weighted by Gasteiger charge is 2.24. The summed E-state index contributed by atoms with van der Waals surface area (Å²) >= 11 is 6.08. The molecule has 1 saturated heterocycles. The lowest BCUT2D eigenvalue weighted by Crippen LogP contribution is -2.39. The first-order chi connectivity index (χ1) is 18.5. The fraction of sp³-hybridized carbons (Fsp3) is 0.250. The van der Waals surface area contributed by atoms with Crippen LogP contribution in [0.4, 0.5) is 10.8 Å². The van der Waals surface area contributed by atoms with Crippen LogP contribution in [0.25, 0.3) is 11.1 Å². The van der Waals surface area contributed by atoms with Crippen LogP contribution in [0.1, 0.15) is 21.5 Å². The molecule has 5 rings (SSSR count). The number of aromatic nitrogens is 1. The van der Waals surface area contributed by atoms with Crippen LogP contribution < -0.4 is 15.4 Å². The second kappa shape index (κ2) is 11.4. The Hall–Kier alpha value is -4.24. The number of urea groups is 1. The standard InChI is InChI=1S/C28H28ClN5O4/c1-37-24-16-21(15-23-25(24)38-27(32-23)31-17-20-8-5-9-22(29)14-20)26(35)34(18-19-6-3-2-4-7-19)13-12-33-11-10-30-28(33)36/h2-9,14-16H,10-13,17-18H2,1H3,(H,30,36)(H,31,32). The summed E-state index contributed by atoms with van der Waals surface area (Å²) in [6, 6.07) is 20.8. The third-order valence-electron chi connectivity index (χ3n) is 6.34. The molecule has 0 aliphatic carbocycles. The van der Waals surface area contributed by atoms with E-state index in [1.165, 1.54) is 7.11 Å². The van der Waals surface area contributed by atoms with Crippen molar-refractivity contribution in [2.45, 2.75) is 13.1 Å². The number of nitrogens with zero attached hydrogens (tertiary/aromatic N) is 3. The number of benzene rings is 3. The molecule has 0 bridgehead atoms. The van der Waals surface area contributed by atoms with Gasteiger partial charge in [0.15, 0.2) is 11.3 Å². The molecule has 4 aromatic rings. The molecule has 1 fully saturated rings. The first-order valence-electron chi connectivity index (χ1n) is 12.3. The van der Waals surface area contributed by atoms with Crippen molar-refractivity contribution in [3.05, 3.63) is 88.4 Å². The van der Waals surface area contributed by atoms with Gasteiger partial charge in [-0.3, -0.25) is 4.79 Å². The number of fused-ring (bicyclic) bond motifs is 1. The fourth-order valence-corrected chi connectivity index (χ4v) is 4.59. The molecule has 196 valence electrons. The van der Waals surface area contributed by atoms with Gasteiger partial charge in [-0.1, -0.05) is 54.1 Å². The number of amides is 3. The fourth-order valence-electron chi connectivity index (χ4n) is 4.38. The van der Waals surface area contributed by atoms with Gasteiger partial charge in [0.1, 0.15) is 5.52 Å². The van der Waals surface area contributed by atoms with Crippen LogP contribution in [-0.4, -0.2) is 60.0 Å². The van der Waals surface area contributed by atoms with Gasteiger partial charge in [-0.15, -0.1) is 0 Å². The molecular formula is C28H28ClN5O4. The van der Waals surface area contributed by atoms with E-state index >= 15 is 0 Å². The summed E-state index contributed by atoms with van der Waals surface area (Å²) in [7, 11) is 1.53. The van der Waals surface area contributed by atoms with Gasteiger partial charge in [-0.05, 0) is 35.4 Å². The Labute approximate surface area is 225 Å². The zero-order valence-electron chi connectivity index (χ0n) is 20.9. The van der Waals surface area contributed by atoms with Gasteiger partial charge in [-0.25, -0.2) is 4.79 Å². The maximum atomic E-state index is 13.8. The van der Waals surface area contributed by atoms with Crippen molar-refractivity contribution in [1.82, 2.24) is 20.1 Å². The van der Waals surface area contributed by atoms with Crippen molar-refractivity contribution in [2.75, 3.05) is 38.6 Å². The van der Waals surface area contributed by atoms with E-state index in [0.717, 1.165) is 11.1 Å². The zero-order chi connectivity index (χ0) is 26.5. The van der Waals surface area contributed by atoms with E-state index in [2.05, 4.69) is 15.6 Å². The summed E-state index contributed by atoms with van der Waals surface area (Å²) in [5.74, 6) is 0.220. The predicted octanol–water partition coefficient (Wildman–Crippen LogP) is 4.77. The van der Waals surface area contributed by atoms with Crippen LogP contribution in [-0.2, 0) is 13.1 Å². The minimum absolute atomic E-state index is 0.111. The first-order valence-corrected chi connectivity index (χ1v) is 12.7. The Bertz CT molecular complexity index is 1440. The van der Waals surface area contributed by atoms with Crippen LogP contribution in [0, 0.1) is 0 Å². The highest BCUT2D eigenvalue weighted by Crippen LogP contribution is 2.31. The second-order valence-electron chi connectivity index (χ2n) is 8.96. The van der Waals surface area contributed by atoms with E-state index in [4.69, 9.17) is 20.8 Å². The minimum Gasteiger partial charge on any atom is -0.493 e. The monoisotopic (exact) mass is 533 g/mol. The summed E-state index contributed by atoms with van der Waals surface area (Å²) in [6.45, 7) is 2.92. The number of methoxy groups -OCH3 is 1. The van der Waals surface area contributed by atoms with Crippen molar-refractivity contribution in [1.29, 1.82) is 0 Å². The van der Waals surface area contributed by atoms with E-state index in [9.17, 15) is 9.59 Å². The third kappa shape index (κ3) is 5.84. The quantitative estimate of drug-likeness (QED) is 0.304. The molecule has 2 heterocycles. The molecule has 38 heavy (non-hydrogen) atoms. The summed E-state index contributed by atoms with van der Waals surface area (Å²) < 4.78 is 11.5. The number of ether oxygens (including phenoxy) is 1. The number of carbonyl (C=O) groups excluding carboxylic acids is 2. The highest BCUT2D eigenvalue weighted by atomic mass is 35.5. The number of anilines is 1. The number of halogens is 1. The van der Waals surface area contributed by atoms with E-state index < -0.39 is 0 Å². The average molecular weight is 534 g/mol. The minimum atomic E-state index is -0.190. The molecule has 2 N–H and O–H groups in total. The Balaban J connectivity index is 1.38. The summed E-state index contributed by atoms with van der Waals surface area (Å²) in [4.78, 5) is 33.8. The predicted molar refractivity (Wildman–Crippen MR) is 145 cm³/mol. The molecule has 3 aromatic carbocycles. The van der Waals surface area contributed by atoms with E-state index in [-0.39, 0.29) is 11.9 Å². The Morgan fingerprint density at radius 2 is 1.97 bits per heavy atom. The molecule has 0 unspecified atom stereocenters. The maximum Gasteiger partial charge on any atom is 0.317 e. The molecular weight excluding hydrogens is 506 g/mol. The lowest BCUT2D eigenvalue weighted by atomic mass is 10.1. The molecule has 1 aliphatic rings. The molecule has 3 amide bonds. The Morgan fingerprint density at radius 3 is 2.71 bits per heavy atom. The van der Waals surface area contributed by atoms with E-state index in [1.807, 2.05) is 54.6 Å². The summed E-state index contributed by atoms with van der Waals surface area (Å²) in [6.07, 6.45) is 0. The number of nitrogens with one attached hydrogen (secondary N) is 2. The molecule has 10 heteroatoms. The number of rotatable bonds is 10. The normalized spacial score (nSPS) is 13.0. The number of carbonyl (C=O) groups is 2. The van der Waals surface area contributed by atoms with Crippen molar-refractivity contribution in [3.8, 4) is 5.75 Å². The van der Waals surface area contributed by atoms with Gasteiger partial charge in [0.2, 0.25) is 0 Å². The van der Waals surface area contributed by atoms with Gasteiger partial charge in [-0.2, -0.15) is 4.98 Å². The van der Waals surface area contributed by atoms with Gasteiger partial charge in [0, 0.05) is 49.9 Å². The van der Waals surface area contributed by atoms with Crippen molar-refractivity contribution in [2.24, 2.45) is 0 Å². The third-order valence-corrected chi connectivity index (χ3v) is 6.58. The maximum absolute atomic E-state index is 13.8. The summed E-state index contributed by atoms with van der Waals surface area (Å²) in [5.41, 5.74) is 3.34. The van der Waals surface area contributed by atoms with Gasteiger partial charge < -0.3 is 29.6 Å². The van der Waals surface area contributed by atoms with Gasteiger partial charge >= 0.3 is 6.03 Å². The molecule has 1 aromatic heterocycles. The van der Waals surface area contributed by atoms with Crippen molar-refractivity contribution in [3.63, 3.8) is 0 Å². The number of hydrogen-bond acceptors (Lipinski definition) is 6. The van der Waals surface area contributed by atoms with Crippen LogP contribution >= 0.6 is 11.6 Å². The summed E-state index contributed by atoms with van der Waals surface area (Å²) in [5, 5.41) is 6.61. The smallest absolute Gasteiger partial charge is 0.317 e. The highest BCUT2D eigenvalue weighted by molar-refractivity contribution is 6.30. The van der Waals surface area contributed by atoms with Crippen LogP contribution in [0.2, 0.25) is 5.02 Å². The molecule has 0 radical (unpaired) electrons. The van der Waals surface area contributed by atoms with Crippen LogP contribution in [0.5, 0.6) is 5.75 Å². The van der Waals surface area contributed by atoms with Gasteiger partial charge in [0.25, 0.3) is 11.9 Å². The molecule has 0 saturated carbocycles. The lowest BCUT2D eigenvalue weighted by Gasteiger charge is -2.25. The largest absolute Gasteiger partial charge is 0.493 e. The van der Waals surface area contributed by atoms with Gasteiger partial charge in [0.05, 0.1) is 7.11 Å². The number of hydrogen-bond donors (Lipinski definition) is 2. The van der Waals surface area contributed by atoms with Crippen LogP contribution in [0.15, 0.2) is 71.1 Å².